The molecular formula is C8H10N4O4. The van der Waals surface area contributed by atoms with Crippen molar-refractivity contribution in [2.75, 3.05) is 18.5 Å². The monoisotopic (exact) mass is 226 g/mol. The third kappa shape index (κ3) is 3.78. The van der Waals surface area contributed by atoms with Gasteiger partial charge >= 0.3 is 12.1 Å². The minimum atomic E-state index is -1.14. The quantitative estimate of drug-likeness (QED) is 0.587. The van der Waals surface area contributed by atoms with Gasteiger partial charge in [0.1, 0.15) is 12.4 Å². The summed E-state index contributed by atoms with van der Waals surface area (Å²) < 4.78 is 4.46. The number of nitrogens with two attached hydrogens (primary N) is 1. The highest BCUT2D eigenvalue weighted by Gasteiger charge is 2.04. The van der Waals surface area contributed by atoms with Crippen LogP contribution in [0.1, 0.15) is 10.5 Å². The number of nitrogens with zero attached hydrogens (tertiary/aromatic N) is 2. The Labute approximate surface area is 90.4 Å². The van der Waals surface area contributed by atoms with E-state index in [0.717, 1.165) is 0 Å². The number of aromatic nitrogens is 2. The van der Waals surface area contributed by atoms with Crippen LogP contribution in [-0.4, -0.2) is 40.5 Å². The maximum absolute atomic E-state index is 10.5. The first-order valence-corrected chi connectivity index (χ1v) is 4.32. The van der Waals surface area contributed by atoms with Gasteiger partial charge in [0.15, 0.2) is 5.69 Å². The molecule has 0 bridgehead atoms. The number of aromatic carboxylic acids is 1. The molecule has 0 aromatic carbocycles. The maximum Gasteiger partial charge on any atom is 0.404 e. The molecule has 0 radical (unpaired) electrons. The van der Waals surface area contributed by atoms with Crippen molar-refractivity contribution in [1.82, 2.24) is 10.2 Å². The number of carboxylic acids is 1. The highest BCUT2D eigenvalue weighted by molar-refractivity contribution is 5.85. The number of amides is 1. The predicted molar refractivity (Wildman–Crippen MR) is 53.0 cm³/mol. The lowest BCUT2D eigenvalue weighted by atomic mass is 10.4. The molecule has 0 aliphatic rings. The Balaban J connectivity index is 2.38. The van der Waals surface area contributed by atoms with Crippen molar-refractivity contribution in [3.63, 3.8) is 0 Å². The van der Waals surface area contributed by atoms with Gasteiger partial charge in [-0.2, -0.15) is 0 Å². The van der Waals surface area contributed by atoms with Crippen molar-refractivity contribution in [2.24, 2.45) is 5.73 Å². The minimum absolute atomic E-state index is 0.0949. The summed E-state index contributed by atoms with van der Waals surface area (Å²) in [4.78, 5) is 20.7. The van der Waals surface area contributed by atoms with E-state index in [9.17, 15) is 9.59 Å². The fourth-order valence-electron chi connectivity index (χ4n) is 0.871. The summed E-state index contributed by atoms with van der Waals surface area (Å²) in [6, 6.07) is 2.77. The Morgan fingerprint density at radius 1 is 1.44 bits per heavy atom. The smallest absolute Gasteiger partial charge is 0.404 e. The van der Waals surface area contributed by atoms with Crippen molar-refractivity contribution in [3.05, 3.63) is 17.8 Å². The second-order valence-electron chi connectivity index (χ2n) is 2.70. The maximum atomic E-state index is 10.5. The van der Waals surface area contributed by atoms with Crippen LogP contribution in [0.15, 0.2) is 12.1 Å². The average Bonchev–Trinajstić information content (AvgIpc) is 2.25. The number of ether oxygens (including phenoxy) is 1. The van der Waals surface area contributed by atoms with E-state index in [1.807, 2.05) is 0 Å². The molecular weight excluding hydrogens is 216 g/mol. The van der Waals surface area contributed by atoms with Crippen LogP contribution in [-0.2, 0) is 4.74 Å². The Hall–Kier alpha value is -2.38. The van der Waals surface area contributed by atoms with Crippen LogP contribution >= 0.6 is 0 Å². The van der Waals surface area contributed by atoms with Crippen molar-refractivity contribution in [2.45, 2.75) is 0 Å². The molecule has 0 atom stereocenters. The first-order chi connectivity index (χ1) is 7.59. The second-order valence-corrected chi connectivity index (χ2v) is 2.70. The number of hydrogen-bond donors (Lipinski definition) is 3. The molecule has 86 valence electrons. The van der Waals surface area contributed by atoms with Gasteiger partial charge < -0.3 is 20.9 Å². The summed E-state index contributed by atoms with van der Waals surface area (Å²) in [5, 5.41) is 18.4. The third-order valence-electron chi connectivity index (χ3n) is 1.54. The van der Waals surface area contributed by atoms with E-state index in [0.29, 0.717) is 12.4 Å². The molecule has 0 aliphatic heterocycles. The van der Waals surface area contributed by atoms with Crippen molar-refractivity contribution >= 4 is 17.9 Å². The zero-order chi connectivity index (χ0) is 12.0. The molecule has 0 saturated heterocycles. The standard InChI is InChI=1S/C8H10N4O4/c9-8(15)16-4-3-10-6-2-1-5(7(13)14)11-12-6/h1-2H,3-4H2,(H2,9,15)(H,10,12)(H,13,14). The van der Waals surface area contributed by atoms with E-state index in [1.165, 1.54) is 12.1 Å². The molecule has 0 aliphatic carbocycles. The number of nitrogens with one attached hydrogen (secondary N) is 1. The van der Waals surface area contributed by atoms with Crippen LogP contribution in [0.4, 0.5) is 10.6 Å². The lowest BCUT2D eigenvalue weighted by molar-refractivity contribution is 0.0689. The fourth-order valence-corrected chi connectivity index (χ4v) is 0.871. The first-order valence-electron chi connectivity index (χ1n) is 4.32. The summed E-state index contributed by atoms with van der Waals surface area (Å²) in [6.07, 6.45) is -0.853. The van der Waals surface area contributed by atoms with Crippen molar-refractivity contribution < 1.29 is 19.4 Å². The Kier molecular flexibility index (Phi) is 4.01. The number of rotatable bonds is 5. The summed E-state index contributed by atoms with van der Waals surface area (Å²) in [5.74, 6) is -0.755. The summed E-state index contributed by atoms with van der Waals surface area (Å²) >= 11 is 0. The molecule has 4 N–H and O–H groups in total. The molecule has 8 nitrogen and oxygen atoms in total. The molecule has 0 saturated carbocycles. The number of primary amides is 1. The molecule has 0 spiro atoms. The first kappa shape index (κ1) is 11.7. The topological polar surface area (TPSA) is 127 Å². The van der Waals surface area contributed by atoms with Gasteiger partial charge in [-0.1, -0.05) is 0 Å². The number of carbonyl (C=O) groups excluding carboxylic acids is 1. The Bertz CT molecular complexity index is 378. The molecule has 8 heteroatoms. The summed E-state index contributed by atoms with van der Waals surface area (Å²) in [7, 11) is 0. The lowest BCUT2D eigenvalue weighted by Crippen LogP contribution is -2.18. The molecule has 1 aromatic heterocycles. The molecule has 1 rings (SSSR count). The summed E-state index contributed by atoms with van der Waals surface area (Å²) in [6.45, 7) is 0.404. The lowest BCUT2D eigenvalue weighted by Gasteiger charge is -2.04. The van der Waals surface area contributed by atoms with Gasteiger partial charge in [-0.25, -0.2) is 9.59 Å². The SMILES string of the molecule is NC(=O)OCCNc1ccc(C(=O)O)nn1. The van der Waals surface area contributed by atoms with E-state index in [4.69, 9.17) is 10.8 Å². The van der Waals surface area contributed by atoms with Crippen LogP contribution in [0, 0.1) is 0 Å². The van der Waals surface area contributed by atoms with E-state index < -0.39 is 12.1 Å². The minimum Gasteiger partial charge on any atom is -0.476 e. The average molecular weight is 226 g/mol. The van der Waals surface area contributed by atoms with Gasteiger partial charge in [0, 0.05) is 0 Å². The normalized spacial score (nSPS) is 9.50. The highest BCUT2D eigenvalue weighted by Crippen LogP contribution is 2.01. The Morgan fingerprint density at radius 3 is 2.69 bits per heavy atom. The third-order valence-corrected chi connectivity index (χ3v) is 1.54. The number of hydrogen-bond acceptors (Lipinski definition) is 6. The molecule has 1 amide bonds. The van der Waals surface area contributed by atoms with E-state index in [-0.39, 0.29) is 12.3 Å². The zero-order valence-corrected chi connectivity index (χ0v) is 8.21. The Morgan fingerprint density at radius 2 is 2.19 bits per heavy atom. The van der Waals surface area contributed by atoms with Gasteiger partial charge in [-0.15, -0.1) is 10.2 Å². The molecule has 16 heavy (non-hydrogen) atoms. The van der Waals surface area contributed by atoms with Gasteiger partial charge in [-0.05, 0) is 12.1 Å². The largest absolute Gasteiger partial charge is 0.476 e. The van der Waals surface area contributed by atoms with E-state index in [1.54, 1.807) is 0 Å². The number of carboxylic acid groups (broad SMARTS) is 1. The van der Waals surface area contributed by atoms with E-state index >= 15 is 0 Å². The second kappa shape index (κ2) is 5.49. The van der Waals surface area contributed by atoms with Crippen LogP contribution in [0.2, 0.25) is 0 Å². The van der Waals surface area contributed by atoms with Crippen LogP contribution < -0.4 is 11.1 Å². The molecule has 0 unspecified atom stereocenters. The van der Waals surface area contributed by atoms with Gasteiger partial charge in [0.05, 0.1) is 6.54 Å². The van der Waals surface area contributed by atoms with Crippen molar-refractivity contribution in [1.29, 1.82) is 0 Å². The number of anilines is 1. The van der Waals surface area contributed by atoms with Gasteiger partial charge in [0.2, 0.25) is 0 Å². The fraction of sp³-hybridized carbons (Fsp3) is 0.250. The summed E-state index contributed by atoms with van der Waals surface area (Å²) in [5.41, 5.74) is 4.60. The number of carbonyl (C=O) groups is 2. The van der Waals surface area contributed by atoms with Crippen LogP contribution in [0.3, 0.4) is 0 Å². The van der Waals surface area contributed by atoms with E-state index in [2.05, 4.69) is 20.3 Å². The van der Waals surface area contributed by atoms with Gasteiger partial charge in [-0.3, -0.25) is 0 Å². The van der Waals surface area contributed by atoms with Crippen molar-refractivity contribution in [3.8, 4) is 0 Å². The van der Waals surface area contributed by atoms with Crippen LogP contribution in [0.25, 0.3) is 0 Å². The molecule has 1 heterocycles. The molecule has 0 fully saturated rings. The highest BCUT2D eigenvalue weighted by atomic mass is 16.5. The van der Waals surface area contributed by atoms with Crippen LogP contribution in [0.5, 0.6) is 0 Å². The predicted octanol–water partition coefficient (Wildman–Crippen LogP) is -0.318. The molecule has 1 aromatic rings. The zero-order valence-electron chi connectivity index (χ0n) is 8.21. The van der Waals surface area contributed by atoms with Gasteiger partial charge in [0.25, 0.3) is 0 Å².